The van der Waals surface area contributed by atoms with Gasteiger partial charge >= 0.3 is 0 Å². The predicted molar refractivity (Wildman–Crippen MR) is 109 cm³/mol. The summed E-state index contributed by atoms with van der Waals surface area (Å²) in [6.07, 6.45) is 4.05. The van der Waals surface area contributed by atoms with Crippen molar-refractivity contribution in [2.45, 2.75) is 26.7 Å². The molecule has 2 N–H and O–H groups in total. The number of rotatable bonds is 6. The third kappa shape index (κ3) is 3.30. The molecule has 138 valence electrons. The van der Waals surface area contributed by atoms with E-state index in [1.165, 1.54) is 5.56 Å². The molecule has 1 aromatic carbocycles. The van der Waals surface area contributed by atoms with Gasteiger partial charge in [0.05, 0.1) is 5.52 Å². The van der Waals surface area contributed by atoms with Gasteiger partial charge in [-0.25, -0.2) is 4.98 Å². The van der Waals surface area contributed by atoms with Crippen molar-refractivity contribution < 1.29 is 0 Å². The highest BCUT2D eigenvalue weighted by atomic mass is 15.2. The van der Waals surface area contributed by atoms with Crippen LogP contribution in [0, 0.1) is 11.8 Å². The highest BCUT2D eigenvalue weighted by Gasteiger charge is 2.17. The minimum absolute atomic E-state index is 0.518. The van der Waals surface area contributed by atoms with E-state index < -0.39 is 0 Å². The van der Waals surface area contributed by atoms with Crippen LogP contribution < -0.4 is 5.73 Å². The summed E-state index contributed by atoms with van der Waals surface area (Å²) in [5.74, 6) is 1.82. The van der Waals surface area contributed by atoms with Crippen LogP contribution in [0.15, 0.2) is 54.7 Å². The van der Waals surface area contributed by atoms with E-state index in [0.29, 0.717) is 11.8 Å². The van der Waals surface area contributed by atoms with Gasteiger partial charge in [-0.05, 0) is 48.6 Å². The van der Waals surface area contributed by atoms with E-state index in [0.717, 1.165) is 47.5 Å². The van der Waals surface area contributed by atoms with Crippen LogP contribution in [0.4, 0.5) is 0 Å². The van der Waals surface area contributed by atoms with Gasteiger partial charge in [0.2, 0.25) is 0 Å². The zero-order valence-corrected chi connectivity index (χ0v) is 15.8. The molecule has 3 heterocycles. The molecule has 3 aromatic heterocycles. The van der Waals surface area contributed by atoms with Crippen LogP contribution in [0.2, 0.25) is 0 Å². The smallest absolute Gasteiger partial charge is 0.187 e. The molecule has 1 unspecified atom stereocenters. The number of benzene rings is 1. The first-order chi connectivity index (χ1) is 13.2. The summed E-state index contributed by atoms with van der Waals surface area (Å²) in [5.41, 5.74) is 9.93. The number of nitrogens with zero attached hydrogens (tertiary/aromatic N) is 4. The average molecular weight is 359 g/mol. The van der Waals surface area contributed by atoms with Crippen LogP contribution in [0.5, 0.6) is 0 Å². The van der Waals surface area contributed by atoms with Crippen LogP contribution in [-0.4, -0.2) is 26.1 Å². The van der Waals surface area contributed by atoms with Gasteiger partial charge in [-0.1, -0.05) is 50.6 Å². The van der Waals surface area contributed by atoms with Gasteiger partial charge in [0.1, 0.15) is 5.69 Å². The van der Waals surface area contributed by atoms with E-state index in [1.54, 1.807) is 0 Å². The maximum absolute atomic E-state index is 5.96. The summed E-state index contributed by atoms with van der Waals surface area (Å²) in [6.45, 7) is 5.23. The van der Waals surface area contributed by atoms with Crippen molar-refractivity contribution in [3.05, 3.63) is 60.3 Å². The average Bonchev–Trinajstić information content (AvgIpc) is 3.13. The van der Waals surface area contributed by atoms with Crippen molar-refractivity contribution in [1.29, 1.82) is 0 Å². The van der Waals surface area contributed by atoms with Crippen LogP contribution in [-0.2, 0) is 6.42 Å². The molecule has 0 spiro atoms. The lowest BCUT2D eigenvalue weighted by atomic mass is 9.86. The molecule has 5 nitrogen and oxygen atoms in total. The molecule has 4 aromatic rings. The van der Waals surface area contributed by atoms with Crippen molar-refractivity contribution >= 4 is 16.6 Å². The summed E-state index contributed by atoms with van der Waals surface area (Å²) >= 11 is 0. The predicted octanol–water partition coefficient (Wildman–Crippen LogP) is 4.11. The number of para-hydroxylation sites is 1. The van der Waals surface area contributed by atoms with E-state index >= 15 is 0 Å². The van der Waals surface area contributed by atoms with Gasteiger partial charge in [0, 0.05) is 11.6 Å². The normalized spacial score (nSPS) is 13.9. The Bertz CT molecular complexity index is 1060. The molecule has 27 heavy (non-hydrogen) atoms. The second kappa shape index (κ2) is 7.45. The Hall–Kier alpha value is -2.79. The van der Waals surface area contributed by atoms with E-state index in [9.17, 15) is 0 Å². The molecular weight excluding hydrogens is 334 g/mol. The Balaban J connectivity index is 1.77. The van der Waals surface area contributed by atoms with Crippen LogP contribution in [0.3, 0.4) is 0 Å². The zero-order valence-electron chi connectivity index (χ0n) is 15.8. The van der Waals surface area contributed by atoms with Crippen molar-refractivity contribution in [3.63, 3.8) is 0 Å². The third-order valence-corrected chi connectivity index (χ3v) is 5.52. The fourth-order valence-electron chi connectivity index (χ4n) is 3.83. The van der Waals surface area contributed by atoms with Crippen molar-refractivity contribution in [2.75, 3.05) is 6.54 Å². The number of aromatic nitrogens is 4. The van der Waals surface area contributed by atoms with Gasteiger partial charge < -0.3 is 5.73 Å². The fraction of sp³-hybridized carbons (Fsp3) is 0.318. The third-order valence-electron chi connectivity index (χ3n) is 5.52. The standard InChI is InChI=1S/C22H25N5/c1-3-16(14-23)15(2)13-18-8-6-7-17-10-11-19(24-21(17)18)22-26-25-20-9-4-5-12-27(20)22/h4-12,15-16H,3,13-14,23H2,1-2H3/t15?,16-/m0/s1. The molecule has 0 aliphatic heterocycles. The molecule has 0 saturated heterocycles. The van der Waals surface area contributed by atoms with E-state index in [1.807, 2.05) is 34.9 Å². The van der Waals surface area contributed by atoms with Crippen LogP contribution >= 0.6 is 0 Å². The summed E-state index contributed by atoms with van der Waals surface area (Å²) in [7, 11) is 0. The molecular formula is C22H25N5. The van der Waals surface area contributed by atoms with E-state index in [4.69, 9.17) is 10.7 Å². The van der Waals surface area contributed by atoms with Crippen LogP contribution in [0.1, 0.15) is 25.8 Å². The molecule has 4 rings (SSSR count). The molecule has 0 radical (unpaired) electrons. The summed E-state index contributed by atoms with van der Waals surface area (Å²) in [6, 6.07) is 16.4. The first-order valence-corrected chi connectivity index (χ1v) is 9.60. The summed E-state index contributed by atoms with van der Waals surface area (Å²) in [4.78, 5) is 4.98. The van der Waals surface area contributed by atoms with Gasteiger partial charge in [-0.3, -0.25) is 4.40 Å². The van der Waals surface area contributed by atoms with E-state index in [-0.39, 0.29) is 0 Å². The summed E-state index contributed by atoms with van der Waals surface area (Å²) in [5, 5.41) is 9.75. The highest BCUT2D eigenvalue weighted by Crippen LogP contribution is 2.26. The number of hydrogen-bond donors (Lipinski definition) is 1. The first kappa shape index (κ1) is 17.6. The largest absolute Gasteiger partial charge is 0.330 e. The highest BCUT2D eigenvalue weighted by molar-refractivity contribution is 5.84. The molecule has 2 atom stereocenters. The molecule has 5 heteroatoms. The van der Waals surface area contributed by atoms with Crippen molar-refractivity contribution in [2.24, 2.45) is 17.6 Å². The molecule has 0 bridgehead atoms. The molecule has 0 fully saturated rings. The minimum atomic E-state index is 0.518. The first-order valence-electron chi connectivity index (χ1n) is 9.60. The van der Waals surface area contributed by atoms with Gasteiger partial charge in [-0.15, -0.1) is 10.2 Å². The Kier molecular flexibility index (Phi) is 4.86. The minimum Gasteiger partial charge on any atom is -0.330 e. The maximum Gasteiger partial charge on any atom is 0.187 e. The number of hydrogen-bond acceptors (Lipinski definition) is 4. The quantitative estimate of drug-likeness (QED) is 0.562. The van der Waals surface area contributed by atoms with Crippen LogP contribution in [0.25, 0.3) is 28.1 Å². The lowest BCUT2D eigenvalue weighted by Crippen LogP contribution is -2.22. The topological polar surface area (TPSA) is 69.1 Å². The Morgan fingerprint density at radius 3 is 2.74 bits per heavy atom. The second-order valence-corrected chi connectivity index (χ2v) is 7.22. The lowest BCUT2D eigenvalue weighted by Gasteiger charge is -2.21. The maximum atomic E-state index is 5.96. The Morgan fingerprint density at radius 2 is 1.93 bits per heavy atom. The van der Waals surface area contributed by atoms with E-state index in [2.05, 4.69) is 48.3 Å². The molecule has 0 aliphatic carbocycles. The monoisotopic (exact) mass is 359 g/mol. The van der Waals surface area contributed by atoms with Gasteiger partial charge in [0.15, 0.2) is 11.5 Å². The van der Waals surface area contributed by atoms with Crippen molar-refractivity contribution in [3.8, 4) is 11.5 Å². The molecule has 0 saturated carbocycles. The van der Waals surface area contributed by atoms with Crippen molar-refractivity contribution in [1.82, 2.24) is 19.6 Å². The fourth-order valence-corrected chi connectivity index (χ4v) is 3.83. The Labute approximate surface area is 159 Å². The molecule has 0 amide bonds. The van der Waals surface area contributed by atoms with Gasteiger partial charge in [-0.2, -0.15) is 0 Å². The Morgan fingerprint density at radius 1 is 1.04 bits per heavy atom. The SMILES string of the molecule is CC[C@@H](CN)C(C)Cc1cccc2ccc(-c3nnc4ccccn34)nc12. The second-order valence-electron chi connectivity index (χ2n) is 7.22. The zero-order chi connectivity index (χ0) is 18.8. The lowest BCUT2D eigenvalue weighted by molar-refractivity contribution is 0.354. The van der Waals surface area contributed by atoms with Gasteiger partial charge in [0.25, 0.3) is 0 Å². The summed E-state index contributed by atoms with van der Waals surface area (Å²) < 4.78 is 1.97. The number of nitrogens with two attached hydrogens (primary N) is 1. The number of pyridine rings is 2. The number of fused-ring (bicyclic) bond motifs is 2. The molecule has 0 aliphatic rings.